The molecule has 4 saturated carbocycles. The summed E-state index contributed by atoms with van der Waals surface area (Å²) < 4.78 is 0. The first-order chi connectivity index (χ1) is 13.0. The van der Waals surface area contributed by atoms with Crippen molar-refractivity contribution in [2.75, 3.05) is 30.3 Å². The van der Waals surface area contributed by atoms with Gasteiger partial charge in [0.1, 0.15) is 17.5 Å². The van der Waals surface area contributed by atoms with Gasteiger partial charge in [-0.1, -0.05) is 0 Å². The topological polar surface area (TPSA) is 78.9 Å². The van der Waals surface area contributed by atoms with Crippen LogP contribution < -0.4 is 16.0 Å². The van der Waals surface area contributed by atoms with Crippen molar-refractivity contribution in [2.24, 2.45) is 23.2 Å². The standard InChI is InChI=1S/C21H33N5O/c1-3-22-18-9-19(26-14(2)25-18)23-4-5-24-20(27)13-21-10-15-6-16(11-21)8-17(7-15)12-21/h9,15-17H,3-8,10-13H2,1-2H3,(H,24,27)(H2,22,23,25,26). The van der Waals surface area contributed by atoms with Gasteiger partial charge in [0, 0.05) is 32.1 Å². The van der Waals surface area contributed by atoms with Gasteiger partial charge in [0.25, 0.3) is 0 Å². The molecule has 3 N–H and O–H groups in total. The van der Waals surface area contributed by atoms with Gasteiger partial charge in [0.15, 0.2) is 0 Å². The van der Waals surface area contributed by atoms with E-state index < -0.39 is 0 Å². The molecule has 1 amide bonds. The minimum atomic E-state index is 0.228. The number of nitrogens with zero attached hydrogens (tertiary/aromatic N) is 2. The quantitative estimate of drug-likeness (QED) is 0.611. The molecule has 0 atom stereocenters. The molecule has 0 unspecified atom stereocenters. The predicted molar refractivity (Wildman–Crippen MR) is 108 cm³/mol. The third-order valence-electron chi connectivity index (χ3n) is 6.65. The first-order valence-electron chi connectivity index (χ1n) is 10.6. The number of aromatic nitrogens is 2. The molecule has 148 valence electrons. The Morgan fingerprint density at radius 2 is 1.63 bits per heavy atom. The second-order valence-corrected chi connectivity index (χ2v) is 9.09. The summed E-state index contributed by atoms with van der Waals surface area (Å²) in [7, 11) is 0. The largest absolute Gasteiger partial charge is 0.370 e. The zero-order chi connectivity index (χ0) is 18.9. The monoisotopic (exact) mass is 371 g/mol. The van der Waals surface area contributed by atoms with Crippen LogP contribution in [0.1, 0.15) is 57.7 Å². The molecule has 4 aliphatic carbocycles. The average molecular weight is 372 g/mol. The van der Waals surface area contributed by atoms with Gasteiger partial charge in [-0.2, -0.15) is 0 Å². The molecule has 4 fully saturated rings. The highest BCUT2D eigenvalue weighted by Crippen LogP contribution is 2.61. The van der Waals surface area contributed by atoms with Crippen molar-refractivity contribution >= 4 is 17.5 Å². The molecule has 6 nitrogen and oxygen atoms in total. The van der Waals surface area contributed by atoms with E-state index in [1.165, 1.54) is 38.5 Å². The summed E-state index contributed by atoms with van der Waals surface area (Å²) in [5, 5.41) is 9.62. The van der Waals surface area contributed by atoms with E-state index in [2.05, 4.69) is 25.9 Å². The minimum absolute atomic E-state index is 0.228. The molecular formula is C21H33N5O. The Bertz CT molecular complexity index is 654. The van der Waals surface area contributed by atoms with Crippen molar-refractivity contribution < 1.29 is 4.79 Å². The summed E-state index contributed by atoms with van der Waals surface area (Å²) >= 11 is 0. The fourth-order valence-electron chi connectivity index (χ4n) is 6.23. The second-order valence-electron chi connectivity index (χ2n) is 9.09. The Morgan fingerprint density at radius 1 is 1.04 bits per heavy atom. The van der Waals surface area contributed by atoms with Crippen LogP contribution in [0.15, 0.2) is 6.07 Å². The third kappa shape index (κ3) is 4.36. The zero-order valence-corrected chi connectivity index (χ0v) is 16.7. The van der Waals surface area contributed by atoms with Gasteiger partial charge in [0.05, 0.1) is 0 Å². The lowest BCUT2D eigenvalue weighted by atomic mass is 9.49. The molecular weight excluding hydrogens is 338 g/mol. The van der Waals surface area contributed by atoms with Crippen LogP contribution in [0.5, 0.6) is 0 Å². The van der Waals surface area contributed by atoms with Crippen LogP contribution in [-0.4, -0.2) is 35.5 Å². The van der Waals surface area contributed by atoms with E-state index in [0.717, 1.165) is 48.2 Å². The molecule has 0 aromatic carbocycles. The van der Waals surface area contributed by atoms with Crippen LogP contribution >= 0.6 is 0 Å². The molecule has 1 aromatic rings. The van der Waals surface area contributed by atoms with Gasteiger partial charge >= 0.3 is 0 Å². The van der Waals surface area contributed by atoms with Crippen LogP contribution in [0, 0.1) is 30.1 Å². The van der Waals surface area contributed by atoms with E-state index in [9.17, 15) is 4.79 Å². The van der Waals surface area contributed by atoms with E-state index in [-0.39, 0.29) is 5.91 Å². The van der Waals surface area contributed by atoms with Crippen molar-refractivity contribution in [3.05, 3.63) is 11.9 Å². The van der Waals surface area contributed by atoms with Crippen LogP contribution in [0.4, 0.5) is 11.6 Å². The van der Waals surface area contributed by atoms with Crippen LogP contribution in [-0.2, 0) is 4.79 Å². The normalized spacial score (nSPS) is 31.0. The average Bonchev–Trinajstić information content (AvgIpc) is 2.57. The van der Waals surface area contributed by atoms with E-state index >= 15 is 0 Å². The number of aryl methyl sites for hydroxylation is 1. The number of rotatable bonds is 8. The van der Waals surface area contributed by atoms with Gasteiger partial charge in [-0.15, -0.1) is 0 Å². The number of hydrogen-bond acceptors (Lipinski definition) is 5. The van der Waals surface area contributed by atoms with E-state index in [0.29, 0.717) is 18.5 Å². The van der Waals surface area contributed by atoms with Crippen molar-refractivity contribution in [3.8, 4) is 0 Å². The third-order valence-corrected chi connectivity index (χ3v) is 6.65. The molecule has 6 heteroatoms. The minimum Gasteiger partial charge on any atom is -0.370 e. The Morgan fingerprint density at radius 3 is 2.22 bits per heavy atom. The van der Waals surface area contributed by atoms with Gasteiger partial charge in [-0.05, 0) is 75.5 Å². The van der Waals surface area contributed by atoms with Gasteiger partial charge < -0.3 is 16.0 Å². The Labute approximate surface area is 162 Å². The van der Waals surface area contributed by atoms with Crippen molar-refractivity contribution in [1.82, 2.24) is 15.3 Å². The molecule has 4 aliphatic rings. The molecule has 0 radical (unpaired) electrons. The Kier molecular flexibility index (Phi) is 5.24. The maximum atomic E-state index is 12.6. The van der Waals surface area contributed by atoms with Crippen LogP contribution in [0.2, 0.25) is 0 Å². The number of carbonyl (C=O) groups is 1. The smallest absolute Gasteiger partial charge is 0.220 e. The molecule has 1 aromatic heterocycles. The number of carbonyl (C=O) groups excluding carboxylic acids is 1. The fraction of sp³-hybridized carbons (Fsp3) is 0.762. The number of amides is 1. The lowest BCUT2D eigenvalue weighted by Gasteiger charge is -2.56. The maximum Gasteiger partial charge on any atom is 0.220 e. The van der Waals surface area contributed by atoms with Crippen molar-refractivity contribution in [1.29, 1.82) is 0 Å². The summed E-state index contributed by atoms with van der Waals surface area (Å²) in [5.74, 6) is 5.30. The molecule has 27 heavy (non-hydrogen) atoms. The zero-order valence-electron chi connectivity index (χ0n) is 16.7. The first-order valence-corrected chi connectivity index (χ1v) is 10.6. The molecule has 5 rings (SSSR count). The highest BCUT2D eigenvalue weighted by Gasteiger charge is 2.51. The molecule has 0 saturated heterocycles. The lowest BCUT2D eigenvalue weighted by molar-refractivity contribution is -0.129. The highest BCUT2D eigenvalue weighted by molar-refractivity contribution is 5.76. The van der Waals surface area contributed by atoms with Gasteiger partial charge in [-0.3, -0.25) is 4.79 Å². The SMILES string of the molecule is CCNc1cc(NCCNC(=O)CC23CC4CC(CC(C4)C2)C3)nc(C)n1. The molecule has 0 spiro atoms. The van der Waals surface area contributed by atoms with Crippen LogP contribution in [0.25, 0.3) is 0 Å². The lowest BCUT2D eigenvalue weighted by Crippen LogP contribution is -2.48. The second kappa shape index (κ2) is 7.64. The molecule has 0 aliphatic heterocycles. The van der Waals surface area contributed by atoms with Gasteiger partial charge in [0.2, 0.25) is 5.91 Å². The maximum absolute atomic E-state index is 12.6. The van der Waals surface area contributed by atoms with E-state index in [4.69, 9.17) is 0 Å². The fourth-order valence-corrected chi connectivity index (χ4v) is 6.23. The number of nitrogens with one attached hydrogen (secondary N) is 3. The summed E-state index contributed by atoms with van der Waals surface area (Å²) in [4.78, 5) is 21.3. The first kappa shape index (κ1) is 18.5. The number of hydrogen-bond donors (Lipinski definition) is 3. The highest BCUT2D eigenvalue weighted by atomic mass is 16.1. The van der Waals surface area contributed by atoms with E-state index in [1.54, 1.807) is 0 Å². The Balaban J connectivity index is 1.22. The van der Waals surface area contributed by atoms with Gasteiger partial charge in [-0.25, -0.2) is 9.97 Å². The predicted octanol–water partition coefficient (Wildman–Crippen LogP) is 3.35. The molecule has 1 heterocycles. The van der Waals surface area contributed by atoms with Crippen molar-refractivity contribution in [2.45, 2.75) is 58.8 Å². The Hall–Kier alpha value is -1.85. The number of anilines is 2. The molecule has 4 bridgehead atoms. The van der Waals surface area contributed by atoms with Crippen molar-refractivity contribution in [3.63, 3.8) is 0 Å². The van der Waals surface area contributed by atoms with Crippen LogP contribution in [0.3, 0.4) is 0 Å². The summed E-state index contributed by atoms with van der Waals surface area (Å²) in [6.45, 7) is 6.07. The summed E-state index contributed by atoms with van der Waals surface area (Å²) in [6, 6.07) is 1.91. The van der Waals surface area contributed by atoms with E-state index in [1.807, 2.05) is 19.9 Å². The summed E-state index contributed by atoms with van der Waals surface area (Å²) in [6.07, 6.45) is 8.88. The summed E-state index contributed by atoms with van der Waals surface area (Å²) in [5.41, 5.74) is 0.316.